The fourth-order valence-corrected chi connectivity index (χ4v) is 1.38. The van der Waals surface area contributed by atoms with Crippen molar-refractivity contribution in [3.8, 4) is 0 Å². The van der Waals surface area contributed by atoms with Gasteiger partial charge in [0.2, 0.25) is 0 Å². The highest BCUT2D eigenvalue weighted by Gasteiger charge is 2.39. The SMILES string of the molecule is O=C(O)c1cc2[nH]c(=O)cc(NC(=O)C(F)(F)F)n2n1. The quantitative estimate of drug-likeness (QED) is 0.731. The van der Waals surface area contributed by atoms with Crippen molar-refractivity contribution in [3.63, 3.8) is 0 Å². The summed E-state index contributed by atoms with van der Waals surface area (Å²) in [5.74, 6) is -4.35. The summed E-state index contributed by atoms with van der Waals surface area (Å²) in [4.78, 5) is 34.9. The predicted octanol–water partition coefficient (Wildman–Crippen LogP) is 0.222. The fraction of sp³-hybridized carbons (Fsp3) is 0.111. The lowest BCUT2D eigenvalue weighted by molar-refractivity contribution is -0.167. The van der Waals surface area contributed by atoms with Crippen LogP contribution in [-0.2, 0) is 4.79 Å². The van der Waals surface area contributed by atoms with Crippen molar-refractivity contribution in [2.24, 2.45) is 0 Å². The van der Waals surface area contributed by atoms with Crippen LogP contribution in [0.2, 0.25) is 0 Å². The number of carbonyl (C=O) groups is 2. The number of H-pyrrole nitrogens is 1. The average Bonchev–Trinajstić information content (AvgIpc) is 2.71. The van der Waals surface area contributed by atoms with Crippen LogP contribution in [0.25, 0.3) is 5.65 Å². The average molecular weight is 290 g/mol. The molecule has 106 valence electrons. The number of halogens is 3. The molecule has 3 N–H and O–H groups in total. The van der Waals surface area contributed by atoms with Gasteiger partial charge in [0.05, 0.1) is 0 Å². The summed E-state index contributed by atoms with van der Waals surface area (Å²) >= 11 is 0. The molecule has 0 saturated heterocycles. The standard InChI is InChI=1S/C9H5F3N4O4/c10-9(11,12)8(20)14-5-2-6(17)13-4-1-3(7(18)19)15-16(4)5/h1-2H,(H,13,17)(H,14,20)(H,18,19). The summed E-state index contributed by atoms with van der Waals surface area (Å²) in [5.41, 5.74) is -1.51. The van der Waals surface area contributed by atoms with Gasteiger partial charge in [0.25, 0.3) is 5.56 Å². The molecule has 0 radical (unpaired) electrons. The highest BCUT2D eigenvalue weighted by molar-refractivity contribution is 5.94. The number of fused-ring (bicyclic) bond motifs is 1. The van der Waals surface area contributed by atoms with Crippen molar-refractivity contribution in [1.29, 1.82) is 0 Å². The van der Waals surface area contributed by atoms with Crippen molar-refractivity contribution < 1.29 is 27.9 Å². The van der Waals surface area contributed by atoms with Crippen LogP contribution < -0.4 is 10.9 Å². The maximum Gasteiger partial charge on any atom is 0.471 e. The first kappa shape index (κ1) is 13.6. The van der Waals surface area contributed by atoms with Crippen LogP contribution in [0.1, 0.15) is 10.5 Å². The molecule has 0 saturated carbocycles. The Morgan fingerprint density at radius 2 is 2.00 bits per heavy atom. The third kappa shape index (κ3) is 2.46. The number of aromatic amines is 1. The Bertz CT molecular complexity index is 761. The Kier molecular flexibility index (Phi) is 2.96. The van der Waals surface area contributed by atoms with Gasteiger partial charge in [-0.2, -0.15) is 22.8 Å². The first-order valence-corrected chi connectivity index (χ1v) is 4.93. The molecule has 2 heterocycles. The summed E-state index contributed by atoms with van der Waals surface area (Å²) in [5, 5.41) is 13.6. The predicted molar refractivity (Wildman–Crippen MR) is 57.5 cm³/mol. The van der Waals surface area contributed by atoms with Crippen LogP contribution in [-0.4, -0.2) is 37.8 Å². The highest BCUT2D eigenvalue weighted by atomic mass is 19.4. The lowest BCUT2D eigenvalue weighted by atomic mass is 10.4. The number of hydrogen-bond acceptors (Lipinski definition) is 4. The number of alkyl halides is 3. The molecule has 0 aliphatic rings. The Hall–Kier alpha value is -2.85. The van der Waals surface area contributed by atoms with Gasteiger partial charge in [0, 0.05) is 12.1 Å². The number of nitrogens with zero attached hydrogens (tertiary/aromatic N) is 2. The van der Waals surface area contributed by atoms with Crippen LogP contribution in [0, 0.1) is 0 Å². The molecule has 0 aliphatic heterocycles. The van der Waals surface area contributed by atoms with Gasteiger partial charge in [0.15, 0.2) is 5.69 Å². The topological polar surface area (TPSA) is 117 Å². The molecule has 2 aromatic rings. The molecule has 20 heavy (non-hydrogen) atoms. The third-order valence-electron chi connectivity index (χ3n) is 2.17. The molecular weight excluding hydrogens is 285 g/mol. The van der Waals surface area contributed by atoms with E-state index < -0.39 is 35.1 Å². The number of carboxylic acid groups (broad SMARTS) is 1. The van der Waals surface area contributed by atoms with Crippen LogP contribution in [0.15, 0.2) is 16.9 Å². The number of aromatic carboxylic acids is 1. The van der Waals surface area contributed by atoms with E-state index in [1.807, 2.05) is 0 Å². The number of carboxylic acids is 1. The monoisotopic (exact) mass is 290 g/mol. The van der Waals surface area contributed by atoms with E-state index in [4.69, 9.17) is 5.11 Å². The summed E-state index contributed by atoms with van der Waals surface area (Å²) in [7, 11) is 0. The number of carbonyl (C=O) groups excluding carboxylic acids is 1. The largest absolute Gasteiger partial charge is 0.476 e. The van der Waals surface area contributed by atoms with Gasteiger partial charge in [-0.15, -0.1) is 0 Å². The first-order valence-electron chi connectivity index (χ1n) is 4.93. The second-order valence-corrected chi connectivity index (χ2v) is 3.60. The smallest absolute Gasteiger partial charge is 0.471 e. The van der Waals surface area contributed by atoms with E-state index in [-0.39, 0.29) is 5.65 Å². The van der Waals surface area contributed by atoms with Crippen molar-refractivity contribution in [1.82, 2.24) is 14.6 Å². The Morgan fingerprint density at radius 1 is 1.35 bits per heavy atom. The zero-order chi connectivity index (χ0) is 15.1. The summed E-state index contributed by atoms with van der Waals surface area (Å²) in [6, 6.07) is 1.59. The van der Waals surface area contributed by atoms with Crippen LogP contribution >= 0.6 is 0 Å². The zero-order valence-corrected chi connectivity index (χ0v) is 9.35. The molecule has 2 rings (SSSR count). The molecule has 0 aliphatic carbocycles. The van der Waals surface area contributed by atoms with Gasteiger partial charge in [-0.3, -0.25) is 9.59 Å². The number of rotatable bonds is 2. The van der Waals surface area contributed by atoms with E-state index in [1.165, 1.54) is 5.32 Å². The van der Waals surface area contributed by atoms with E-state index in [0.717, 1.165) is 6.07 Å². The lowest BCUT2D eigenvalue weighted by Crippen LogP contribution is -2.31. The minimum atomic E-state index is -5.16. The molecule has 2 aromatic heterocycles. The van der Waals surface area contributed by atoms with E-state index in [1.54, 1.807) is 0 Å². The van der Waals surface area contributed by atoms with Crippen molar-refractivity contribution in [2.75, 3.05) is 5.32 Å². The molecule has 0 bridgehead atoms. The van der Waals surface area contributed by atoms with E-state index in [2.05, 4.69) is 10.1 Å². The molecule has 8 nitrogen and oxygen atoms in total. The van der Waals surface area contributed by atoms with Gasteiger partial charge in [0.1, 0.15) is 11.5 Å². The number of amides is 1. The molecule has 0 atom stereocenters. The second-order valence-electron chi connectivity index (χ2n) is 3.60. The first-order chi connectivity index (χ1) is 9.18. The normalized spacial score (nSPS) is 11.6. The molecule has 0 aromatic carbocycles. The number of hydrogen-bond donors (Lipinski definition) is 3. The van der Waals surface area contributed by atoms with Crippen LogP contribution in [0.5, 0.6) is 0 Å². The van der Waals surface area contributed by atoms with E-state index >= 15 is 0 Å². The summed E-state index contributed by atoms with van der Waals surface area (Å²) < 4.78 is 37.1. The van der Waals surface area contributed by atoms with Crippen molar-refractivity contribution in [2.45, 2.75) is 6.18 Å². The summed E-state index contributed by atoms with van der Waals surface area (Å²) in [6.45, 7) is 0. The lowest BCUT2D eigenvalue weighted by Gasteiger charge is -2.08. The zero-order valence-electron chi connectivity index (χ0n) is 9.35. The van der Waals surface area contributed by atoms with Crippen molar-refractivity contribution >= 4 is 23.3 Å². The highest BCUT2D eigenvalue weighted by Crippen LogP contribution is 2.18. The number of nitrogens with one attached hydrogen (secondary N) is 2. The summed E-state index contributed by atoms with van der Waals surface area (Å²) in [6.07, 6.45) is -5.16. The van der Waals surface area contributed by atoms with E-state index in [0.29, 0.717) is 10.6 Å². The Labute approximate surface area is 106 Å². The molecule has 11 heteroatoms. The minimum Gasteiger partial charge on any atom is -0.476 e. The molecule has 0 fully saturated rings. The molecule has 0 unspecified atom stereocenters. The van der Waals surface area contributed by atoms with Gasteiger partial charge in [-0.25, -0.2) is 4.79 Å². The number of aromatic nitrogens is 3. The van der Waals surface area contributed by atoms with Gasteiger partial charge in [-0.05, 0) is 0 Å². The third-order valence-corrected chi connectivity index (χ3v) is 2.17. The maximum atomic E-state index is 12.1. The van der Waals surface area contributed by atoms with Crippen LogP contribution in [0.4, 0.5) is 19.0 Å². The number of anilines is 1. The van der Waals surface area contributed by atoms with Gasteiger partial charge in [-0.1, -0.05) is 0 Å². The fourth-order valence-electron chi connectivity index (χ4n) is 1.38. The minimum absolute atomic E-state index is 0.174. The molecule has 0 spiro atoms. The Morgan fingerprint density at radius 3 is 2.55 bits per heavy atom. The maximum absolute atomic E-state index is 12.1. The van der Waals surface area contributed by atoms with Crippen molar-refractivity contribution in [3.05, 3.63) is 28.2 Å². The molecule has 1 amide bonds. The Balaban J connectivity index is 2.55. The van der Waals surface area contributed by atoms with Gasteiger partial charge < -0.3 is 15.4 Å². The van der Waals surface area contributed by atoms with Crippen LogP contribution in [0.3, 0.4) is 0 Å². The second kappa shape index (κ2) is 4.36. The van der Waals surface area contributed by atoms with Gasteiger partial charge >= 0.3 is 18.1 Å². The van der Waals surface area contributed by atoms with E-state index in [9.17, 15) is 27.6 Å². The molecular formula is C9H5F3N4O4.